The fourth-order valence-electron chi connectivity index (χ4n) is 1.90. The first-order valence-corrected chi connectivity index (χ1v) is 5.02. The molecule has 0 aromatic carbocycles. The lowest BCUT2D eigenvalue weighted by Gasteiger charge is -2.16. The zero-order valence-electron chi connectivity index (χ0n) is 9.32. The molecule has 4 nitrogen and oxygen atoms in total. The topological polar surface area (TPSA) is 38.1 Å². The third kappa shape index (κ3) is 1.67. The predicted octanol–water partition coefficient (Wildman–Crippen LogP) is 0.838. The largest absolute Gasteiger partial charge is 0.383 e. The van der Waals surface area contributed by atoms with Gasteiger partial charge in [-0.05, 0) is 6.42 Å². The third-order valence-corrected chi connectivity index (χ3v) is 2.63. The smallest absolute Gasteiger partial charge is 0.165 e. The first-order valence-electron chi connectivity index (χ1n) is 5.02. The number of aryl methyl sites for hydroxylation is 1. The van der Waals surface area contributed by atoms with Crippen molar-refractivity contribution in [3.8, 4) is 0 Å². The summed E-state index contributed by atoms with van der Waals surface area (Å²) in [5, 5.41) is 4.20. The molecule has 1 aromatic rings. The van der Waals surface area contributed by atoms with Gasteiger partial charge in [-0.15, -0.1) is 0 Å². The molecule has 0 N–H and O–H groups in total. The number of fused-ring (bicyclic) bond motifs is 1. The molecule has 0 saturated heterocycles. The van der Waals surface area contributed by atoms with Gasteiger partial charge in [0.15, 0.2) is 5.78 Å². The van der Waals surface area contributed by atoms with Crippen LogP contribution in [0.4, 0.5) is 0 Å². The van der Waals surface area contributed by atoms with Gasteiger partial charge in [0.25, 0.3) is 0 Å². The molecule has 2 rings (SSSR count). The van der Waals surface area contributed by atoms with Crippen LogP contribution in [0.15, 0.2) is 12.4 Å². The van der Waals surface area contributed by atoms with Crippen LogP contribution < -0.4 is 0 Å². The van der Waals surface area contributed by atoms with E-state index in [1.54, 1.807) is 6.20 Å². The van der Waals surface area contributed by atoms with Crippen molar-refractivity contribution >= 4 is 11.4 Å². The van der Waals surface area contributed by atoms with Gasteiger partial charge in [-0.2, -0.15) is 5.10 Å². The van der Waals surface area contributed by atoms with Crippen LogP contribution in [0.5, 0.6) is 0 Å². The molecular formula is C11H15N3O. The minimum absolute atomic E-state index is 0.212. The molecule has 0 saturated carbocycles. The molecule has 1 heterocycles. The summed E-state index contributed by atoms with van der Waals surface area (Å²) in [5.74, 6) is 0.212. The van der Waals surface area contributed by atoms with Crippen LogP contribution in [0.3, 0.4) is 0 Å². The van der Waals surface area contributed by atoms with Gasteiger partial charge < -0.3 is 4.90 Å². The van der Waals surface area contributed by atoms with Crippen LogP contribution in [-0.2, 0) is 18.3 Å². The molecule has 0 amide bonds. The fraction of sp³-hybridized carbons (Fsp3) is 0.455. The van der Waals surface area contributed by atoms with Crippen molar-refractivity contribution in [3.05, 3.63) is 23.7 Å². The maximum Gasteiger partial charge on any atom is 0.165 e. The van der Waals surface area contributed by atoms with Gasteiger partial charge in [0.05, 0.1) is 6.20 Å². The quantitative estimate of drug-likeness (QED) is 0.638. The normalized spacial score (nSPS) is 18.1. The Morgan fingerprint density at radius 2 is 2.20 bits per heavy atom. The molecule has 0 fully saturated rings. The van der Waals surface area contributed by atoms with Crippen molar-refractivity contribution in [3.63, 3.8) is 0 Å². The van der Waals surface area contributed by atoms with Crippen molar-refractivity contribution in [2.75, 3.05) is 14.1 Å². The third-order valence-electron chi connectivity index (χ3n) is 2.63. The van der Waals surface area contributed by atoms with Crippen LogP contribution >= 0.6 is 0 Å². The Balaban J connectivity index is 2.51. The zero-order valence-corrected chi connectivity index (χ0v) is 9.32. The Kier molecular flexibility index (Phi) is 2.34. The molecule has 4 heteroatoms. The van der Waals surface area contributed by atoms with Gasteiger partial charge in [-0.3, -0.25) is 9.48 Å². The van der Waals surface area contributed by atoms with Crippen LogP contribution in [0.2, 0.25) is 0 Å². The van der Waals surface area contributed by atoms with Gasteiger partial charge in [-0.1, -0.05) is 0 Å². The second-order valence-corrected chi connectivity index (χ2v) is 4.06. The lowest BCUT2D eigenvalue weighted by Crippen LogP contribution is -2.16. The van der Waals surface area contributed by atoms with E-state index in [2.05, 4.69) is 5.10 Å². The van der Waals surface area contributed by atoms with E-state index >= 15 is 0 Å². The number of rotatable bonds is 1. The molecule has 0 aliphatic heterocycles. The van der Waals surface area contributed by atoms with Crippen LogP contribution in [0, 0.1) is 0 Å². The number of aromatic nitrogens is 2. The summed E-state index contributed by atoms with van der Waals surface area (Å²) in [4.78, 5) is 13.7. The van der Waals surface area contributed by atoms with Crippen molar-refractivity contribution in [1.82, 2.24) is 14.7 Å². The molecule has 0 radical (unpaired) electrons. The molecule has 1 aromatic heterocycles. The molecular weight excluding hydrogens is 190 g/mol. The number of hydrogen-bond acceptors (Lipinski definition) is 3. The Morgan fingerprint density at radius 1 is 1.47 bits per heavy atom. The zero-order chi connectivity index (χ0) is 11.0. The molecule has 0 spiro atoms. The Morgan fingerprint density at radius 3 is 2.87 bits per heavy atom. The van der Waals surface area contributed by atoms with E-state index in [-0.39, 0.29) is 5.78 Å². The molecule has 0 bridgehead atoms. The van der Waals surface area contributed by atoms with Gasteiger partial charge >= 0.3 is 0 Å². The molecule has 15 heavy (non-hydrogen) atoms. The SMILES string of the molecule is CN(C)/C=C1\C(=O)CCc2c1cnn2C. The highest BCUT2D eigenvalue weighted by atomic mass is 16.1. The summed E-state index contributed by atoms with van der Waals surface area (Å²) in [5.41, 5.74) is 2.93. The van der Waals surface area contributed by atoms with Gasteiger partial charge in [0.2, 0.25) is 0 Å². The van der Waals surface area contributed by atoms with Gasteiger partial charge in [0, 0.05) is 50.6 Å². The predicted molar refractivity (Wildman–Crippen MR) is 58.2 cm³/mol. The minimum Gasteiger partial charge on any atom is -0.383 e. The first-order chi connectivity index (χ1) is 7.09. The molecule has 1 aliphatic rings. The Bertz CT molecular complexity index is 429. The van der Waals surface area contributed by atoms with E-state index in [9.17, 15) is 4.79 Å². The van der Waals surface area contributed by atoms with E-state index < -0.39 is 0 Å². The summed E-state index contributed by atoms with van der Waals surface area (Å²) in [6.45, 7) is 0. The fourth-order valence-corrected chi connectivity index (χ4v) is 1.90. The lowest BCUT2D eigenvalue weighted by molar-refractivity contribution is -0.114. The lowest BCUT2D eigenvalue weighted by atomic mass is 9.92. The molecule has 0 unspecified atom stereocenters. The number of nitrogens with zero attached hydrogens (tertiary/aromatic N) is 3. The van der Waals surface area contributed by atoms with E-state index in [0.717, 1.165) is 23.3 Å². The summed E-state index contributed by atoms with van der Waals surface area (Å²) in [7, 11) is 5.76. The highest BCUT2D eigenvalue weighted by Gasteiger charge is 2.24. The Labute approximate surface area is 89.2 Å². The van der Waals surface area contributed by atoms with Crippen LogP contribution in [-0.4, -0.2) is 34.6 Å². The number of Topliss-reactive ketones (excluding diaryl/α,β-unsaturated/α-hetero) is 1. The van der Waals surface area contributed by atoms with Crippen molar-refractivity contribution < 1.29 is 4.79 Å². The summed E-state index contributed by atoms with van der Waals surface area (Å²) >= 11 is 0. The second kappa shape index (κ2) is 3.53. The van der Waals surface area contributed by atoms with Crippen LogP contribution in [0.1, 0.15) is 17.7 Å². The maximum atomic E-state index is 11.8. The van der Waals surface area contributed by atoms with Gasteiger partial charge in [-0.25, -0.2) is 0 Å². The van der Waals surface area contributed by atoms with Crippen molar-refractivity contribution in [2.24, 2.45) is 7.05 Å². The minimum atomic E-state index is 0.212. The number of carbonyl (C=O) groups excluding carboxylic acids is 1. The molecule has 0 atom stereocenters. The number of carbonyl (C=O) groups is 1. The van der Waals surface area contributed by atoms with E-state index in [1.807, 2.05) is 36.9 Å². The standard InChI is InChI=1S/C11H15N3O/c1-13(2)7-9-8-6-12-14(3)10(8)4-5-11(9)15/h6-7H,4-5H2,1-3H3/b9-7-. The first kappa shape index (κ1) is 9.96. The number of hydrogen-bond donors (Lipinski definition) is 0. The summed E-state index contributed by atoms with van der Waals surface area (Å²) in [6, 6.07) is 0. The average molecular weight is 205 g/mol. The monoisotopic (exact) mass is 205 g/mol. The van der Waals surface area contributed by atoms with Crippen molar-refractivity contribution in [2.45, 2.75) is 12.8 Å². The number of allylic oxidation sites excluding steroid dienone is 1. The highest BCUT2D eigenvalue weighted by Crippen LogP contribution is 2.27. The average Bonchev–Trinajstić information content (AvgIpc) is 2.52. The van der Waals surface area contributed by atoms with Crippen molar-refractivity contribution in [1.29, 1.82) is 0 Å². The number of ketones is 1. The maximum absolute atomic E-state index is 11.8. The highest BCUT2D eigenvalue weighted by molar-refractivity contribution is 6.22. The van der Waals surface area contributed by atoms with Gasteiger partial charge in [0.1, 0.15) is 0 Å². The Hall–Kier alpha value is -1.58. The van der Waals surface area contributed by atoms with E-state index in [1.165, 1.54) is 0 Å². The van der Waals surface area contributed by atoms with Crippen LogP contribution in [0.25, 0.3) is 5.57 Å². The summed E-state index contributed by atoms with van der Waals surface area (Å²) in [6.07, 6.45) is 5.05. The summed E-state index contributed by atoms with van der Waals surface area (Å²) < 4.78 is 1.85. The second-order valence-electron chi connectivity index (χ2n) is 4.06. The van der Waals surface area contributed by atoms with E-state index in [0.29, 0.717) is 6.42 Å². The van der Waals surface area contributed by atoms with E-state index in [4.69, 9.17) is 0 Å². The molecule has 1 aliphatic carbocycles. The molecule has 80 valence electrons.